The van der Waals surface area contributed by atoms with E-state index < -0.39 is 0 Å². The van der Waals surface area contributed by atoms with Crippen LogP contribution in [0.3, 0.4) is 0 Å². The lowest BCUT2D eigenvalue weighted by Gasteiger charge is -2.10. The molecule has 0 spiro atoms. The summed E-state index contributed by atoms with van der Waals surface area (Å²) in [5.41, 5.74) is 1.44. The van der Waals surface area contributed by atoms with Gasteiger partial charge in [0.2, 0.25) is 0 Å². The SMILES string of the molecule is O=C(Nc1ccccc1-n1ncc2c(=O)[nH]cnc21)c1csc(COc2ccc(Cl)cc2)n1. The normalized spacial score (nSPS) is 10.9. The van der Waals surface area contributed by atoms with E-state index in [0.717, 1.165) is 0 Å². The summed E-state index contributed by atoms with van der Waals surface area (Å²) in [6.45, 7) is 0.232. The molecule has 5 aromatic rings. The number of halogens is 1. The number of hydrogen-bond donors (Lipinski definition) is 2. The number of H-pyrrole nitrogens is 1. The van der Waals surface area contributed by atoms with Crippen LogP contribution in [-0.2, 0) is 6.61 Å². The number of rotatable bonds is 6. The molecule has 9 nitrogen and oxygen atoms in total. The minimum absolute atomic E-state index is 0.232. The van der Waals surface area contributed by atoms with Crippen molar-refractivity contribution in [3.05, 3.63) is 92.5 Å². The van der Waals surface area contributed by atoms with E-state index >= 15 is 0 Å². The fraction of sp³-hybridized carbons (Fsp3) is 0.0455. The largest absolute Gasteiger partial charge is 0.486 e. The topological polar surface area (TPSA) is 115 Å². The predicted octanol–water partition coefficient (Wildman–Crippen LogP) is 4.05. The van der Waals surface area contributed by atoms with Crippen LogP contribution in [0.1, 0.15) is 15.5 Å². The third-order valence-corrected chi connectivity index (χ3v) is 5.79. The zero-order valence-corrected chi connectivity index (χ0v) is 18.4. The Morgan fingerprint density at radius 1 is 1.18 bits per heavy atom. The number of benzene rings is 2. The average Bonchev–Trinajstić information content (AvgIpc) is 3.47. The summed E-state index contributed by atoms with van der Waals surface area (Å²) in [6.07, 6.45) is 2.75. The van der Waals surface area contributed by atoms with Crippen LogP contribution >= 0.6 is 22.9 Å². The number of fused-ring (bicyclic) bond motifs is 1. The van der Waals surface area contributed by atoms with Crippen molar-refractivity contribution in [1.29, 1.82) is 0 Å². The van der Waals surface area contributed by atoms with Crippen molar-refractivity contribution >= 4 is 45.6 Å². The molecule has 0 saturated heterocycles. The molecule has 33 heavy (non-hydrogen) atoms. The number of hydrogen-bond acceptors (Lipinski definition) is 7. The Bertz CT molecular complexity index is 1510. The standard InChI is InChI=1S/C22H15ClN6O3S/c23-13-5-7-14(8-6-13)32-10-19-27-17(11-33-19)22(31)28-16-3-1-2-4-18(16)29-20-15(9-26-29)21(30)25-12-24-20/h1-9,11-12H,10H2,(H,28,31)(H,24,25,30). The molecule has 0 bridgehead atoms. The molecule has 0 radical (unpaired) electrons. The Labute approximate surface area is 195 Å². The first-order valence-corrected chi connectivity index (χ1v) is 11.0. The highest BCUT2D eigenvalue weighted by Gasteiger charge is 2.16. The summed E-state index contributed by atoms with van der Waals surface area (Å²) in [5, 5.41) is 10.4. The van der Waals surface area contributed by atoms with Gasteiger partial charge in [-0.05, 0) is 36.4 Å². The van der Waals surface area contributed by atoms with E-state index in [2.05, 4.69) is 25.4 Å². The molecular formula is C22H15ClN6O3S. The highest BCUT2D eigenvalue weighted by Crippen LogP contribution is 2.23. The number of aromatic nitrogens is 5. The van der Waals surface area contributed by atoms with Crippen molar-refractivity contribution in [3.8, 4) is 11.4 Å². The zero-order valence-electron chi connectivity index (χ0n) is 16.9. The molecule has 0 aliphatic rings. The van der Waals surface area contributed by atoms with Crippen LogP contribution in [0, 0.1) is 0 Å². The second-order valence-electron chi connectivity index (χ2n) is 6.87. The molecule has 0 fully saturated rings. The summed E-state index contributed by atoms with van der Waals surface area (Å²) in [4.78, 5) is 35.9. The van der Waals surface area contributed by atoms with Crippen molar-refractivity contribution < 1.29 is 9.53 Å². The van der Waals surface area contributed by atoms with Gasteiger partial charge in [-0.1, -0.05) is 23.7 Å². The van der Waals surface area contributed by atoms with Crippen LogP contribution in [0.5, 0.6) is 5.75 Å². The van der Waals surface area contributed by atoms with Gasteiger partial charge in [0.15, 0.2) is 5.65 Å². The van der Waals surface area contributed by atoms with Crippen LogP contribution in [0.2, 0.25) is 5.02 Å². The van der Waals surface area contributed by atoms with Crippen molar-refractivity contribution in [2.24, 2.45) is 0 Å². The van der Waals surface area contributed by atoms with Gasteiger partial charge in [-0.3, -0.25) is 9.59 Å². The molecule has 1 amide bonds. The smallest absolute Gasteiger partial charge is 0.275 e. The van der Waals surface area contributed by atoms with Gasteiger partial charge in [0, 0.05) is 10.4 Å². The lowest BCUT2D eigenvalue weighted by atomic mass is 10.2. The number of nitrogens with zero attached hydrogens (tertiary/aromatic N) is 4. The molecule has 3 heterocycles. The first kappa shape index (κ1) is 20.9. The van der Waals surface area contributed by atoms with Gasteiger partial charge >= 0.3 is 0 Å². The van der Waals surface area contributed by atoms with E-state index in [1.807, 2.05) is 0 Å². The number of amides is 1. The average molecular weight is 479 g/mol. The number of anilines is 1. The Balaban J connectivity index is 1.34. The molecular weight excluding hydrogens is 464 g/mol. The van der Waals surface area contributed by atoms with Gasteiger partial charge < -0.3 is 15.0 Å². The van der Waals surface area contributed by atoms with Gasteiger partial charge in [0.05, 0.1) is 23.9 Å². The predicted molar refractivity (Wildman–Crippen MR) is 125 cm³/mol. The number of para-hydroxylation sites is 2. The highest BCUT2D eigenvalue weighted by molar-refractivity contribution is 7.09. The van der Waals surface area contributed by atoms with Gasteiger partial charge in [-0.2, -0.15) is 5.10 Å². The van der Waals surface area contributed by atoms with Crippen LogP contribution in [0.4, 0.5) is 5.69 Å². The van der Waals surface area contributed by atoms with Crippen molar-refractivity contribution in [2.45, 2.75) is 6.61 Å². The molecule has 2 aromatic carbocycles. The Morgan fingerprint density at radius 2 is 2.00 bits per heavy atom. The van der Waals surface area contributed by atoms with Gasteiger partial charge in [0.25, 0.3) is 11.5 Å². The number of carbonyl (C=O) groups excluding carboxylic acids is 1. The number of nitrogens with one attached hydrogen (secondary N) is 2. The van der Waals surface area contributed by atoms with Gasteiger partial charge in [-0.25, -0.2) is 14.6 Å². The molecule has 3 aromatic heterocycles. The van der Waals surface area contributed by atoms with Crippen LogP contribution < -0.4 is 15.6 Å². The second-order valence-corrected chi connectivity index (χ2v) is 8.24. The van der Waals surface area contributed by atoms with E-state index in [1.165, 1.54) is 28.5 Å². The Morgan fingerprint density at radius 3 is 2.85 bits per heavy atom. The molecule has 0 aliphatic carbocycles. The lowest BCUT2D eigenvalue weighted by molar-refractivity contribution is 0.102. The van der Waals surface area contributed by atoms with E-state index in [9.17, 15) is 9.59 Å². The summed E-state index contributed by atoms with van der Waals surface area (Å²) in [6, 6.07) is 14.1. The van der Waals surface area contributed by atoms with Crippen molar-refractivity contribution in [1.82, 2.24) is 24.7 Å². The third-order valence-electron chi connectivity index (χ3n) is 4.71. The van der Waals surface area contributed by atoms with E-state index in [1.54, 1.807) is 53.9 Å². The summed E-state index contributed by atoms with van der Waals surface area (Å²) < 4.78 is 7.19. The quantitative estimate of drug-likeness (QED) is 0.380. The first-order valence-electron chi connectivity index (χ1n) is 9.73. The van der Waals surface area contributed by atoms with Gasteiger partial charge in [0.1, 0.15) is 28.4 Å². The van der Waals surface area contributed by atoms with E-state index in [4.69, 9.17) is 16.3 Å². The molecule has 0 aliphatic heterocycles. The molecule has 11 heteroatoms. The van der Waals surface area contributed by atoms with E-state index in [-0.39, 0.29) is 23.8 Å². The number of thiazole rings is 1. The van der Waals surface area contributed by atoms with Crippen LogP contribution in [0.25, 0.3) is 16.7 Å². The Kier molecular flexibility index (Phi) is 5.59. The molecule has 0 unspecified atom stereocenters. The van der Waals surface area contributed by atoms with Crippen LogP contribution in [0.15, 0.2) is 71.2 Å². The third kappa shape index (κ3) is 4.34. The number of aromatic amines is 1. The maximum absolute atomic E-state index is 12.9. The fourth-order valence-corrected chi connectivity index (χ4v) is 3.95. The lowest BCUT2D eigenvalue weighted by Crippen LogP contribution is -2.15. The van der Waals surface area contributed by atoms with Crippen molar-refractivity contribution in [2.75, 3.05) is 5.32 Å². The molecule has 0 atom stereocenters. The van der Waals surface area contributed by atoms with Gasteiger partial charge in [-0.15, -0.1) is 11.3 Å². The number of ether oxygens (including phenoxy) is 1. The van der Waals surface area contributed by atoms with Crippen molar-refractivity contribution in [3.63, 3.8) is 0 Å². The highest BCUT2D eigenvalue weighted by atomic mass is 35.5. The van der Waals surface area contributed by atoms with Crippen LogP contribution in [-0.4, -0.2) is 30.6 Å². The summed E-state index contributed by atoms with van der Waals surface area (Å²) >= 11 is 7.21. The minimum atomic E-state index is -0.376. The molecule has 2 N–H and O–H groups in total. The molecule has 164 valence electrons. The second kappa shape index (κ2) is 8.85. The molecule has 5 rings (SSSR count). The van der Waals surface area contributed by atoms with E-state index in [0.29, 0.717) is 38.2 Å². The number of carbonyl (C=O) groups is 1. The first-order chi connectivity index (χ1) is 16.1. The Hall–Kier alpha value is -4.02. The molecule has 0 saturated carbocycles. The fourth-order valence-electron chi connectivity index (χ4n) is 3.14. The zero-order chi connectivity index (χ0) is 22.8. The maximum Gasteiger partial charge on any atom is 0.275 e. The summed E-state index contributed by atoms with van der Waals surface area (Å²) in [7, 11) is 0. The summed E-state index contributed by atoms with van der Waals surface area (Å²) in [5.74, 6) is 0.284. The monoisotopic (exact) mass is 478 g/mol. The minimum Gasteiger partial charge on any atom is -0.486 e. The maximum atomic E-state index is 12.9.